The lowest BCUT2D eigenvalue weighted by atomic mass is 10.0. The molecule has 2 fully saturated rings. The molecule has 0 saturated carbocycles. The van der Waals surface area contributed by atoms with Gasteiger partial charge in [0.1, 0.15) is 0 Å². The summed E-state index contributed by atoms with van der Waals surface area (Å²) >= 11 is 0. The lowest BCUT2D eigenvalue weighted by molar-refractivity contribution is 0.0794. The molecule has 156 valence electrons. The highest BCUT2D eigenvalue weighted by molar-refractivity contribution is 7.91. The van der Waals surface area contributed by atoms with Crippen LogP contribution in [-0.2, 0) is 9.84 Å². The van der Waals surface area contributed by atoms with Gasteiger partial charge < -0.3 is 4.90 Å². The number of benzene rings is 1. The van der Waals surface area contributed by atoms with Crippen molar-refractivity contribution in [2.45, 2.75) is 32.2 Å². The average Bonchev–Trinajstić information content (AvgIpc) is 3.47. The fourth-order valence-corrected chi connectivity index (χ4v) is 6.24. The van der Waals surface area contributed by atoms with E-state index in [9.17, 15) is 13.2 Å². The summed E-state index contributed by atoms with van der Waals surface area (Å²) in [5.74, 6) is 0.227. The Morgan fingerprint density at radius 3 is 2.53 bits per heavy atom. The molecule has 2 aliphatic heterocycles. The van der Waals surface area contributed by atoms with E-state index in [-0.39, 0.29) is 23.5 Å². The molecule has 5 rings (SSSR count). The topological polar surface area (TPSA) is 85.2 Å². The number of fused-ring (bicyclic) bond motifs is 1. The van der Waals surface area contributed by atoms with E-state index in [0.717, 1.165) is 36.9 Å². The van der Waals surface area contributed by atoms with Gasteiger partial charge in [0, 0.05) is 18.7 Å². The van der Waals surface area contributed by atoms with Crippen molar-refractivity contribution in [2.75, 3.05) is 24.6 Å². The van der Waals surface area contributed by atoms with Crippen molar-refractivity contribution in [1.29, 1.82) is 0 Å². The molecule has 0 bridgehead atoms. The first-order chi connectivity index (χ1) is 14.4. The van der Waals surface area contributed by atoms with Gasteiger partial charge >= 0.3 is 0 Å². The van der Waals surface area contributed by atoms with Gasteiger partial charge in [-0.2, -0.15) is 5.10 Å². The van der Waals surface area contributed by atoms with E-state index < -0.39 is 9.84 Å². The largest absolute Gasteiger partial charge is 0.339 e. The van der Waals surface area contributed by atoms with Crippen molar-refractivity contribution in [2.24, 2.45) is 0 Å². The van der Waals surface area contributed by atoms with Gasteiger partial charge in [-0.25, -0.2) is 18.1 Å². The summed E-state index contributed by atoms with van der Waals surface area (Å²) in [5, 5.41) is 5.39. The second-order valence-electron chi connectivity index (χ2n) is 8.21. The zero-order chi connectivity index (χ0) is 20.9. The van der Waals surface area contributed by atoms with E-state index in [0.29, 0.717) is 29.0 Å². The van der Waals surface area contributed by atoms with Crippen LogP contribution in [0.1, 0.15) is 41.4 Å². The molecular formula is C22H24N4O3S. The lowest BCUT2D eigenvalue weighted by Gasteiger charge is -2.17. The minimum atomic E-state index is -3.07. The number of aromatic nitrogens is 3. The Hall–Kier alpha value is -2.74. The van der Waals surface area contributed by atoms with Crippen LogP contribution in [-0.4, -0.2) is 58.6 Å². The van der Waals surface area contributed by atoms with Crippen LogP contribution in [0.3, 0.4) is 0 Å². The molecule has 30 heavy (non-hydrogen) atoms. The maximum Gasteiger partial charge on any atom is 0.254 e. The third-order valence-electron chi connectivity index (χ3n) is 6.08. The molecule has 0 aliphatic carbocycles. The zero-order valence-corrected chi connectivity index (χ0v) is 17.7. The quantitative estimate of drug-likeness (QED) is 0.645. The minimum absolute atomic E-state index is 0.00113. The minimum Gasteiger partial charge on any atom is -0.339 e. The number of pyridine rings is 1. The van der Waals surface area contributed by atoms with Gasteiger partial charge in [0.2, 0.25) is 0 Å². The Labute approximate surface area is 175 Å². The number of carbonyl (C=O) groups excluding carboxylic acids is 1. The maximum absolute atomic E-state index is 13.4. The van der Waals surface area contributed by atoms with Crippen LogP contribution >= 0.6 is 0 Å². The van der Waals surface area contributed by atoms with E-state index in [1.165, 1.54) is 0 Å². The number of rotatable bonds is 3. The van der Waals surface area contributed by atoms with Crippen molar-refractivity contribution >= 4 is 26.8 Å². The van der Waals surface area contributed by atoms with Gasteiger partial charge in [0.25, 0.3) is 5.91 Å². The summed E-state index contributed by atoms with van der Waals surface area (Å²) in [6.07, 6.45) is 2.55. The normalized spacial score (nSPS) is 20.8. The molecule has 3 aromatic rings. The molecular weight excluding hydrogens is 400 g/mol. The Morgan fingerprint density at radius 1 is 1.13 bits per heavy atom. The summed E-state index contributed by atoms with van der Waals surface area (Å²) < 4.78 is 25.9. The molecule has 2 aliphatic rings. The Balaban J connectivity index is 1.72. The van der Waals surface area contributed by atoms with Crippen LogP contribution in [0.2, 0.25) is 0 Å². The molecule has 0 radical (unpaired) electrons. The number of likely N-dealkylation sites (tertiary alicyclic amines) is 1. The molecule has 1 amide bonds. The molecule has 0 N–H and O–H groups in total. The molecule has 1 aromatic carbocycles. The third kappa shape index (κ3) is 3.29. The average molecular weight is 425 g/mol. The second-order valence-corrected chi connectivity index (χ2v) is 10.4. The summed E-state index contributed by atoms with van der Waals surface area (Å²) in [5.41, 5.74) is 3.53. The fourth-order valence-electron chi connectivity index (χ4n) is 4.55. The number of sulfone groups is 1. The Morgan fingerprint density at radius 2 is 1.87 bits per heavy atom. The van der Waals surface area contributed by atoms with Crippen molar-refractivity contribution in [3.63, 3.8) is 0 Å². The predicted molar refractivity (Wildman–Crippen MR) is 115 cm³/mol. The Kier molecular flexibility index (Phi) is 4.61. The summed E-state index contributed by atoms with van der Waals surface area (Å²) in [7, 11) is -3.07. The van der Waals surface area contributed by atoms with Crippen molar-refractivity contribution in [3.8, 4) is 11.3 Å². The fraction of sp³-hybridized carbons (Fsp3) is 0.409. The number of amides is 1. The summed E-state index contributed by atoms with van der Waals surface area (Å²) in [4.78, 5) is 20.1. The predicted octanol–water partition coefficient (Wildman–Crippen LogP) is 3.00. The number of aryl methyl sites for hydroxylation is 1. The lowest BCUT2D eigenvalue weighted by Crippen LogP contribution is -2.28. The molecule has 1 atom stereocenters. The molecule has 0 unspecified atom stereocenters. The van der Waals surface area contributed by atoms with Crippen molar-refractivity contribution < 1.29 is 13.2 Å². The van der Waals surface area contributed by atoms with Gasteiger partial charge in [-0.1, -0.05) is 30.3 Å². The molecule has 2 saturated heterocycles. The molecule has 0 spiro atoms. The van der Waals surface area contributed by atoms with Crippen LogP contribution < -0.4 is 0 Å². The number of hydrogen-bond donors (Lipinski definition) is 0. The van der Waals surface area contributed by atoms with E-state index in [2.05, 4.69) is 5.10 Å². The highest BCUT2D eigenvalue weighted by atomic mass is 32.2. The van der Waals surface area contributed by atoms with Crippen LogP contribution in [0.4, 0.5) is 0 Å². The monoisotopic (exact) mass is 424 g/mol. The van der Waals surface area contributed by atoms with Gasteiger partial charge in [0.15, 0.2) is 15.5 Å². The number of carbonyl (C=O) groups is 1. The zero-order valence-electron chi connectivity index (χ0n) is 16.9. The van der Waals surface area contributed by atoms with Gasteiger partial charge in [-0.15, -0.1) is 0 Å². The van der Waals surface area contributed by atoms with Crippen LogP contribution in [0.5, 0.6) is 0 Å². The maximum atomic E-state index is 13.4. The molecule has 2 aromatic heterocycles. The summed E-state index contributed by atoms with van der Waals surface area (Å²) in [6.45, 7) is 3.39. The first kappa shape index (κ1) is 19.2. The third-order valence-corrected chi connectivity index (χ3v) is 7.83. The van der Waals surface area contributed by atoms with E-state index in [4.69, 9.17) is 4.98 Å². The van der Waals surface area contributed by atoms with Crippen LogP contribution in [0.25, 0.3) is 22.3 Å². The van der Waals surface area contributed by atoms with Crippen molar-refractivity contribution in [1.82, 2.24) is 19.7 Å². The SMILES string of the molecule is Cc1nn([C@@H]2CCS(=O)(=O)C2)c2nc(-c3ccccc3)cc(C(=O)N3CCCC3)c12. The second kappa shape index (κ2) is 7.19. The smallest absolute Gasteiger partial charge is 0.254 e. The van der Waals surface area contributed by atoms with Gasteiger partial charge in [-0.3, -0.25) is 4.79 Å². The Bertz CT molecular complexity index is 1230. The molecule has 8 heteroatoms. The highest BCUT2D eigenvalue weighted by Crippen LogP contribution is 2.33. The van der Waals surface area contributed by atoms with Gasteiger partial charge in [-0.05, 0) is 32.3 Å². The highest BCUT2D eigenvalue weighted by Gasteiger charge is 2.33. The van der Waals surface area contributed by atoms with Gasteiger partial charge in [0.05, 0.1) is 39.9 Å². The van der Waals surface area contributed by atoms with Crippen LogP contribution in [0.15, 0.2) is 36.4 Å². The molecule has 7 nitrogen and oxygen atoms in total. The van der Waals surface area contributed by atoms with Crippen LogP contribution in [0, 0.1) is 6.92 Å². The first-order valence-corrected chi connectivity index (χ1v) is 12.2. The standard InChI is InChI=1S/C22H24N4O3S/c1-15-20-18(22(27)25-10-5-6-11-25)13-19(16-7-3-2-4-8-16)23-21(20)26(24-15)17-9-12-30(28,29)14-17/h2-4,7-8,13,17H,5-6,9-12,14H2,1H3/t17-/m1/s1. The molecule has 4 heterocycles. The number of hydrogen-bond acceptors (Lipinski definition) is 5. The first-order valence-electron chi connectivity index (χ1n) is 10.4. The number of nitrogens with zero attached hydrogens (tertiary/aromatic N) is 4. The van der Waals surface area contributed by atoms with Crippen molar-refractivity contribution in [3.05, 3.63) is 47.7 Å². The van der Waals surface area contributed by atoms with E-state index in [1.807, 2.05) is 48.2 Å². The van der Waals surface area contributed by atoms with E-state index in [1.54, 1.807) is 4.68 Å². The summed E-state index contributed by atoms with van der Waals surface area (Å²) in [6, 6.07) is 11.4. The van der Waals surface area contributed by atoms with E-state index >= 15 is 0 Å².